The molecule has 0 aliphatic carbocycles. The van der Waals surface area contributed by atoms with E-state index in [4.69, 9.17) is 18.9 Å². The largest absolute Gasteiger partial charge is 0.497 e. The van der Waals surface area contributed by atoms with E-state index in [2.05, 4.69) is 4.99 Å². The molecular formula is C25H21NO5. The molecule has 0 unspecified atom stereocenters. The van der Waals surface area contributed by atoms with Crippen LogP contribution in [0.2, 0.25) is 0 Å². The van der Waals surface area contributed by atoms with Crippen LogP contribution >= 0.6 is 0 Å². The molecule has 31 heavy (non-hydrogen) atoms. The van der Waals surface area contributed by atoms with E-state index in [1.807, 2.05) is 78.9 Å². The van der Waals surface area contributed by atoms with Crippen molar-refractivity contribution in [2.24, 2.45) is 4.99 Å². The molecule has 0 saturated carbocycles. The van der Waals surface area contributed by atoms with Gasteiger partial charge in [-0.2, -0.15) is 0 Å². The Morgan fingerprint density at radius 1 is 0.871 bits per heavy atom. The lowest BCUT2D eigenvalue weighted by Crippen LogP contribution is -2.09. The number of para-hydroxylation sites is 1. The monoisotopic (exact) mass is 415 g/mol. The summed E-state index contributed by atoms with van der Waals surface area (Å²) in [6.07, 6.45) is 1.66. The lowest BCUT2D eigenvalue weighted by Gasteiger charge is -2.11. The van der Waals surface area contributed by atoms with Gasteiger partial charge < -0.3 is 18.9 Å². The van der Waals surface area contributed by atoms with Crippen molar-refractivity contribution >= 4 is 17.9 Å². The van der Waals surface area contributed by atoms with Gasteiger partial charge in [-0.3, -0.25) is 0 Å². The number of carbonyl (C=O) groups is 1. The molecule has 3 aromatic carbocycles. The highest BCUT2D eigenvalue weighted by atomic mass is 16.6. The molecule has 0 N–H and O–H groups in total. The Hall–Kier alpha value is -4.06. The van der Waals surface area contributed by atoms with Crippen LogP contribution in [-0.2, 0) is 9.53 Å². The molecule has 0 saturated heterocycles. The van der Waals surface area contributed by atoms with Gasteiger partial charge in [0.15, 0.2) is 5.70 Å². The first-order valence-corrected chi connectivity index (χ1v) is 9.79. The second kappa shape index (κ2) is 9.63. The van der Waals surface area contributed by atoms with E-state index in [0.717, 1.165) is 16.9 Å². The number of carbonyl (C=O) groups excluding carboxylic acids is 1. The summed E-state index contributed by atoms with van der Waals surface area (Å²) < 4.78 is 22.1. The Morgan fingerprint density at radius 2 is 1.61 bits per heavy atom. The summed E-state index contributed by atoms with van der Waals surface area (Å²) in [5, 5.41) is 0. The number of aliphatic imine (C=N–C) groups is 1. The maximum atomic E-state index is 12.3. The van der Waals surface area contributed by atoms with Crippen molar-refractivity contribution in [1.82, 2.24) is 0 Å². The van der Waals surface area contributed by atoms with E-state index in [0.29, 0.717) is 30.6 Å². The highest BCUT2D eigenvalue weighted by molar-refractivity contribution is 6.12. The van der Waals surface area contributed by atoms with Crippen LogP contribution in [-0.4, -0.2) is 32.2 Å². The maximum Gasteiger partial charge on any atom is 0.363 e. The molecule has 3 aromatic rings. The van der Waals surface area contributed by atoms with Crippen LogP contribution in [0.5, 0.6) is 17.2 Å². The number of esters is 1. The minimum atomic E-state index is -0.491. The molecule has 1 aliphatic rings. The molecule has 0 amide bonds. The van der Waals surface area contributed by atoms with Gasteiger partial charge >= 0.3 is 5.97 Å². The molecule has 0 aromatic heterocycles. The van der Waals surface area contributed by atoms with Gasteiger partial charge in [-0.25, -0.2) is 9.79 Å². The van der Waals surface area contributed by atoms with Crippen molar-refractivity contribution in [2.45, 2.75) is 0 Å². The highest BCUT2D eigenvalue weighted by Crippen LogP contribution is 2.25. The SMILES string of the molecule is COc1cccc(OCCOc2ccccc2/C=C2\N=C(c3ccccc3)OC2=O)c1. The van der Waals surface area contributed by atoms with Crippen LogP contribution < -0.4 is 14.2 Å². The zero-order chi connectivity index (χ0) is 21.5. The third kappa shape index (κ3) is 5.11. The molecule has 4 rings (SSSR count). The summed E-state index contributed by atoms with van der Waals surface area (Å²) in [7, 11) is 1.61. The molecule has 1 heterocycles. The Bertz CT molecular complexity index is 1120. The zero-order valence-corrected chi connectivity index (χ0v) is 17.0. The molecule has 0 bridgehead atoms. The second-order valence-electron chi connectivity index (χ2n) is 6.62. The van der Waals surface area contributed by atoms with Gasteiger partial charge in [-0.1, -0.05) is 42.5 Å². The average molecular weight is 415 g/mol. The number of ether oxygens (including phenoxy) is 4. The van der Waals surface area contributed by atoms with E-state index in [-0.39, 0.29) is 5.70 Å². The Morgan fingerprint density at radius 3 is 2.45 bits per heavy atom. The molecule has 6 nitrogen and oxygen atoms in total. The first kappa shape index (κ1) is 20.2. The number of nitrogens with zero attached hydrogens (tertiary/aromatic N) is 1. The summed E-state index contributed by atoms with van der Waals surface area (Å²) >= 11 is 0. The molecule has 0 radical (unpaired) electrons. The molecule has 156 valence electrons. The van der Waals surface area contributed by atoms with Crippen molar-refractivity contribution < 1.29 is 23.7 Å². The molecule has 6 heteroatoms. The van der Waals surface area contributed by atoms with Gasteiger partial charge in [-0.05, 0) is 36.4 Å². The van der Waals surface area contributed by atoms with E-state index >= 15 is 0 Å². The van der Waals surface area contributed by atoms with Crippen molar-refractivity contribution in [3.05, 3.63) is 95.7 Å². The van der Waals surface area contributed by atoms with Gasteiger partial charge in [0.25, 0.3) is 0 Å². The standard InChI is InChI=1S/C25H21NO5/c1-28-20-11-7-12-21(17-20)29-14-15-30-23-13-6-5-10-19(23)16-22-25(27)31-24(26-22)18-8-3-2-4-9-18/h2-13,16-17H,14-15H2,1H3/b22-16-. The van der Waals surface area contributed by atoms with Crippen LogP contribution in [0, 0.1) is 0 Å². The van der Waals surface area contributed by atoms with Crippen molar-refractivity contribution in [2.75, 3.05) is 20.3 Å². The minimum absolute atomic E-state index is 0.225. The normalized spacial score (nSPS) is 14.2. The number of methoxy groups -OCH3 is 1. The number of benzene rings is 3. The van der Waals surface area contributed by atoms with Gasteiger partial charge in [0.1, 0.15) is 30.5 Å². The summed E-state index contributed by atoms with van der Waals surface area (Å²) in [6.45, 7) is 0.691. The summed E-state index contributed by atoms with van der Waals surface area (Å²) in [5.74, 6) is 1.86. The van der Waals surface area contributed by atoms with Gasteiger partial charge in [0.2, 0.25) is 5.90 Å². The van der Waals surface area contributed by atoms with Gasteiger partial charge in [0, 0.05) is 17.2 Å². The van der Waals surface area contributed by atoms with Gasteiger partial charge in [-0.15, -0.1) is 0 Å². The fourth-order valence-corrected chi connectivity index (χ4v) is 2.99. The van der Waals surface area contributed by atoms with E-state index in [9.17, 15) is 4.79 Å². The summed E-state index contributed by atoms with van der Waals surface area (Å²) in [6, 6.07) is 24.1. The maximum absolute atomic E-state index is 12.3. The lowest BCUT2D eigenvalue weighted by atomic mass is 10.1. The predicted octanol–water partition coefficient (Wildman–Crippen LogP) is 4.50. The Kier molecular flexibility index (Phi) is 6.28. The quantitative estimate of drug-likeness (QED) is 0.308. The van der Waals surface area contributed by atoms with Crippen molar-refractivity contribution in [3.63, 3.8) is 0 Å². The van der Waals surface area contributed by atoms with Crippen molar-refractivity contribution in [1.29, 1.82) is 0 Å². The molecule has 1 aliphatic heterocycles. The van der Waals surface area contributed by atoms with E-state index in [1.165, 1.54) is 0 Å². The van der Waals surface area contributed by atoms with Crippen LogP contribution in [0.1, 0.15) is 11.1 Å². The predicted molar refractivity (Wildman–Crippen MR) is 117 cm³/mol. The second-order valence-corrected chi connectivity index (χ2v) is 6.62. The molecular weight excluding hydrogens is 394 g/mol. The van der Waals surface area contributed by atoms with Crippen LogP contribution in [0.4, 0.5) is 0 Å². The van der Waals surface area contributed by atoms with Crippen LogP contribution in [0.25, 0.3) is 6.08 Å². The Balaban J connectivity index is 1.42. The molecule has 0 spiro atoms. The third-order valence-electron chi connectivity index (χ3n) is 4.50. The van der Waals surface area contributed by atoms with Crippen molar-refractivity contribution in [3.8, 4) is 17.2 Å². The van der Waals surface area contributed by atoms with E-state index < -0.39 is 5.97 Å². The smallest absolute Gasteiger partial charge is 0.363 e. The van der Waals surface area contributed by atoms with Crippen LogP contribution in [0.3, 0.4) is 0 Å². The van der Waals surface area contributed by atoms with E-state index in [1.54, 1.807) is 13.2 Å². The Labute approximate surface area is 180 Å². The zero-order valence-electron chi connectivity index (χ0n) is 17.0. The lowest BCUT2D eigenvalue weighted by molar-refractivity contribution is -0.129. The topological polar surface area (TPSA) is 66.3 Å². The molecule has 0 atom stereocenters. The first-order valence-electron chi connectivity index (χ1n) is 9.79. The number of hydrogen-bond donors (Lipinski definition) is 0. The molecule has 0 fully saturated rings. The summed E-state index contributed by atoms with van der Waals surface area (Å²) in [5.41, 5.74) is 1.70. The minimum Gasteiger partial charge on any atom is -0.497 e. The first-order chi connectivity index (χ1) is 15.2. The van der Waals surface area contributed by atoms with Gasteiger partial charge in [0.05, 0.1) is 7.11 Å². The number of rotatable bonds is 8. The summed E-state index contributed by atoms with van der Waals surface area (Å²) in [4.78, 5) is 16.6. The fourth-order valence-electron chi connectivity index (χ4n) is 2.99. The number of cyclic esters (lactones) is 1. The average Bonchev–Trinajstić information content (AvgIpc) is 3.18. The number of hydrogen-bond acceptors (Lipinski definition) is 6. The third-order valence-corrected chi connectivity index (χ3v) is 4.50. The fraction of sp³-hybridized carbons (Fsp3) is 0.120. The highest BCUT2D eigenvalue weighted by Gasteiger charge is 2.24. The van der Waals surface area contributed by atoms with Crippen LogP contribution in [0.15, 0.2) is 89.6 Å².